The molecule has 1 aliphatic carbocycles. The molecule has 1 aromatic carbocycles. The van der Waals surface area contributed by atoms with Crippen LogP contribution in [0.1, 0.15) is 22.6 Å². The second kappa shape index (κ2) is 6.51. The highest BCUT2D eigenvalue weighted by atomic mass is 32.1. The first-order valence-corrected chi connectivity index (χ1v) is 8.78. The molecule has 2 aliphatic rings. The number of aryl methyl sites for hydroxylation is 1. The SMILES string of the molecule is O=C(Nc1nc2c(s1)CC1(CC2)OCCO1)OCc1ccccc1. The minimum Gasteiger partial charge on any atom is -0.444 e. The minimum atomic E-state index is -0.493. The number of anilines is 1. The average molecular weight is 346 g/mol. The Labute approximate surface area is 143 Å². The van der Waals surface area contributed by atoms with E-state index in [1.807, 2.05) is 30.3 Å². The lowest BCUT2D eigenvalue weighted by atomic mass is 9.96. The van der Waals surface area contributed by atoms with Crippen molar-refractivity contribution in [3.05, 3.63) is 46.5 Å². The van der Waals surface area contributed by atoms with Crippen LogP contribution in [0, 0.1) is 0 Å². The van der Waals surface area contributed by atoms with Gasteiger partial charge in [-0.15, -0.1) is 11.3 Å². The maximum Gasteiger partial charge on any atom is 0.413 e. The van der Waals surface area contributed by atoms with Gasteiger partial charge in [0, 0.05) is 17.7 Å². The van der Waals surface area contributed by atoms with Crippen LogP contribution >= 0.6 is 11.3 Å². The van der Waals surface area contributed by atoms with E-state index in [-0.39, 0.29) is 6.61 Å². The molecule has 1 fully saturated rings. The Morgan fingerprint density at radius 3 is 2.88 bits per heavy atom. The maximum atomic E-state index is 11.9. The Bertz CT molecular complexity index is 725. The molecule has 1 spiro atoms. The van der Waals surface area contributed by atoms with Crippen molar-refractivity contribution in [2.24, 2.45) is 0 Å². The molecule has 0 radical (unpaired) electrons. The van der Waals surface area contributed by atoms with Gasteiger partial charge >= 0.3 is 6.09 Å². The predicted octanol–water partition coefficient (Wildman–Crippen LogP) is 3.12. The zero-order chi connectivity index (χ0) is 16.4. The summed E-state index contributed by atoms with van der Waals surface area (Å²) >= 11 is 1.46. The fourth-order valence-electron chi connectivity index (χ4n) is 3.00. The molecule has 0 unspecified atom stereocenters. The first kappa shape index (κ1) is 15.6. The van der Waals surface area contributed by atoms with Crippen LogP contribution in [0.5, 0.6) is 0 Å². The number of aromatic nitrogens is 1. The molecular formula is C17H18N2O4S. The lowest BCUT2D eigenvalue weighted by Crippen LogP contribution is -2.36. The number of carbonyl (C=O) groups is 1. The lowest BCUT2D eigenvalue weighted by Gasteiger charge is -2.30. The van der Waals surface area contributed by atoms with E-state index >= 15 is 0 Å². The summed E-state index contributed by atoms with van der Waals surface area (Å²) < 4.78 is 16.7. The van der Waals surface area contributed by atoms with Crippen LogP contribution in [0.4, 0.5) is 9.93 Å². The molecule has 0 atom stereocenters. The van der Waals surface area contributed by atoms with Crippen molar-refractivity contribution in [1.82, 2.24) is 4.98 Å². The van der Waals surface area contributed by atoms with E-state index in [9.17, 15) is 4.79 Å². The Morgan fingerprint density at radius 2 is 2.08 bits per heavy atom. The third kappa shape index (κ3) is 3.28. The van der Waals surface area contributed by atoms with Crippen LogP contribution in [0.2, 0.25) is 0 Å². The van der Waals surface area contributed by atoms with Gasteiger partial charge in [-0.1, -0.05) is 30.3 Å². The fraction of sp³-hybridized carbons (Fsp3) is 0.412. The van der Waals surface area contributed by atoms with E-state index in [2.05, 4.69) is 10.3 Å². The number of carbonyl (C=O) groups excluding carboxylic acids is 1. The van der Waals surface area contributed by atoms with Crippen LogP contribution in [0.25, 0.3) is 0 Å². The number of nitrogens with one attached hydrogen (secondary N) is 1. The van der Waals surface area contributed by atoms with E-state index < -0.39 is 11.9 Å². The smallest absolute Gasteiger partial charge is 0.413 e. The number of ether oxygens (including phenoxy) is 3. The number of hydrogen-bond acceptors (Lipinski definition) is 6. The second-order valence-corrected chi connectivity index (χ2v) is 6.94. The molecule has 7 heteroatoms. The molecule has 1 aromatic heterocycles. The number of fused-ring (bicyclic) bond motifs is 1. The van der Waals surface area contributed by atoms with Crippen molar-refractivity contribution < 1.29 is 19.0 Å². The number of rotatable bonds is 3. The van der Waals surface area contributed by atoms with E-state index in [0.29, 0.717) is 24.8 Å². The largest absolute Gasteiger partial charge is 0.444 e. The summed E-state index contributed by atoms with van der Waals surface area (Å²) in [5.41, 5.74) is 1.96. The molecule has 1 amide bonds. The zero-order valence-corrected chi connectivity index (χ0v) is 13.9. The van der Waals surface area contributed by atoms with Crippen LogP contribution in [0.15, 0.2) is 30.3 Å². The quantitative estimate of drug-likeness (QED) is 0.925. The predicted molar refractivity (Wildman–Crippen MR) is 89.0 cm³/mol. The van der Waals surface area contributed by atoms with Crippen molar-refractivity contribution in [2.45, 2.75) is 31.7 Å². The first-order valence-electron chi connectivity index (χ1n) is 7.97. The molecule has 2 aromatic rings. The van der Waals surface area contributed by atoms with E-state index in [1.165, 1.54) is 11.3 Å². The summed E-state index contributed by atoms with van der Waals surface area (Å²) in [5.74, 6) is -0.482. The van der Waals surface area contributed by atoms with Gasteiger partial charge in [-0.05, 0) is 12.0 Å². The molecule has 0 bridgehead atoms. The van der Waals surface area contributed by atoms with Crippen LogP contribution in [-0.2, 0) is 33.7 Å². The minimum absolute atomic E-state index is 0.239. The second-order valence-electron chi connectivity index (χ2n) is 5.86. The van der Waals surface area contributed by atoms with Gasteiger partial charge in [-0.3, -0.25) is 5.32 Å². The highest BCUT2D eigenvalue weighted by Gasteiger charge is 2.41. The van der Waals surface area contributed by atoms with Gasteiger partial charge in [-0.2, -0.15) is 0 Å². The van der Waals surface area contributed by atoms with Gasteiger partial charge < -0.3 is 14.2 Å². The molecule has 6 nitrogen and oxygen atoms in total. The molecule has 4 rings (SSSR count). The molecule has 0 saturated carbocycles. The third-order valence-electron chi connectivity index (χ3n) is 4.19. The highest BCUT2D eigenvalue weighted by molar-refractivity contribution is 7.15. The zero-order valence-electron chi connectivity index (χ0n) is 13.1. The Hall–Kier alpha value is -1.96. The fourth-order valence-corrected chi connectivity index (χ4v) is 4.08. The van der Waals surface area contributed by atoms with Crippen LogP contribution in [0.3, 0.4) is 0 Å². The Morgan fingerprint density at radius 1 is 1.29 bits per heavy atom. The standard InChI is InChI=1S/C17H18N2O4S/c20-16(21-11-12-4-2-1-3-5-12)19-15-18-13-6-7-17(10-14(13)24-15)22-8-9-23-17/h1-5H,6-11H2,(H,18,19,20). The molecule has 24 heavy (non-hydrogen) atoms. The number of nitrogens with zero attached hydrogens (tertiary/aromatic N) is 1. The van der Waals surface area contributed by atoms with Crippen LogP contribution in [-0.4, -0.2) is 30.1 Å². The number of amides is 1. The van der Waals surface area contributed by atoms with Crippen molar-refractivity contribution in [2.75, 3.05) is 18.5 Å². The summed E-state index contributed by atoms with van der Waals surface area (Å²) in [6.07, 6.45) is 1.81. The summed E-state index contributed by atoms with van der Waals surface area (Å²) in [7, 11) is 0. The van der Waals surface area contributed by atoms with E-state index in [1.54, 1.807) is 0 Å². The number of hydrogen-bond donors (Lipinski definition) is 1. The van der Waals surface area contributed by atoms with Crippen molar-refractivity contribution in [3.63, 3.8) is 0 Å². The van der Waals surface area contributed by atoms with Crippen molar-refractivity contribution >= 4 is 22.6 Å². The monoisotopic (exact) mass is 346 g/mol. The van der Waals surface area contributed by atoms with E-state index in [0.717, 1.165) is 29.0 Å². The third-order valence-corrected chi connectivity index (χ3v) is 5.20. The maximum absolute atomic E-state index is 11.9. The topological polar surface area (TPSA) is 69.7 Å². The summed E-state index contributed by atoms with van der Waals surface area (Å²) in [6, 6.07) is 9.57. The number of thiazole rings is 1. The van der Waals surface area contributed by atoms with Gasteiger partial charge in [0.1, 0.15) is 6.61 Å². The molecule has 126 valence electrons. The van der Waals surface area contributed by atoms with Crippen molar-refractivity contribution in [3.8, 4) is 0 Å². The Balaban J connectivity index is 1.36. The van der Waals surface area contributed by atoms with E-state index in [4.69, 9.17) is 14.2 Å². The lowest BCUT2D eigenvalue weighted by molar-refractivity contribution is -0.163. The van der Waals surface area contributed by atoms with Gasteiger partial charge in [0.2, 0.25) is 0 Å². The summed E-state index contributed by atoms with van der Waals surface area (Å²) in [6.45, 7) is 1.53. The van der Waals surface area contributed by atoms with Gasteiger partial charge in [0.15, 0.2) is 10.9 Å². The van der Waals surface area contributed by atoms with Gasteiger partial charge in [0.25, 0.3) is 0 Å². The van der Waals surface area contributed by atoms with Gasteiger partial charge in [-0.25, -0.2) is 9.78 Å². The summed E-state index contributed by atoms with van der Waals surface area (Å²) in [5, 5.41) is 3.28. The molecule has 1 saturated heterocycles. The van der Waals surface area contributed by atoms with Crippen molar-refractivity contribution in [1.29, 1.82) is 0 Å². The highest BCUT2D eigenvalue weighted by Crippen LogP contribution is 2.38. The molecule has 1 aliphatic heterocycles. The first-order chi connectivity index (χ1) is 11.7. The Kier molecular flexibility index (Phi) is 4.22. The summed E-state index contributed by atoms with van der Waals surface area (Å²) in [4.78, 5) is 17.5. The normalized spacial score (nSPS) is 18.3. The molecule has 1 N–H and O–H groups in total. The van der Waals surface area contributed by atoms with Crippen LogP contribution < -0.4 is 5.32 Å². The number of benzene rings is 1. The van der Waals surface area contributed by atoms with Gasteiger partial charge in [0.05, 0.1) is 18.9 Å². The molecule has 2 heterocycles. The average Bonchev–Trinajstić information content (AvgIpc) is 3.20. The molecular weight excluding hydrogens is 328 g/mol.